The van der Waals surface area contributed by atoms with Gasteiger partial charge in [-0.3, -0.25) is 28.9 Å². The molecule has 0 aromatic rings. The minimum absolute atomic E-state index is 0.179. The Morgan fingerprint density at radius 1 is 0.811 bits per heavy atom. The van der Waals surface area contributed by atoms with Crippen molar-refractivity contribution in [3.05, 3.63) is 0 Å². The Labute approximate surface area is 317 Å². The molecule has 0 aromatic carbocycles. The summed E-state index contributed by atoms with van der Waals surface area (Å²) in [5.74, 6) is -2.67. The first-order valence-corrected chi connectivity index (χ1v) is 20.0. The Morgan fingerprint density at radius 3 is 2.02 bits per heavy atom. The van der Waals surface area contributed by atoms with Crippen LogP contribution in [0.5, 0.6) is 0 Å². The first-order valence-electron chi connectivity index (χ1n) is 20.0. The lowest BCUT2D eigenvalue weighted by atomic mass is 9.83. The molecule has 0 radical (unpaired) electrons. The molecule has 1 saturated carbocycles. The number of amides is 6. The summed E-state index contributed by atoms with van der Waals surface area (Å²) < 4.78 is 5.35. The van der Waals surface area contributed by atoms with Gasteiger partial charge in [-0.2, -0.15) is 0 Å². The number of likely N-dealkylation sites (N-methyl/N-ethyl adjacent to an activating group) is 1. The van der Waals surface area contributed by atoms with Crippen molar-refractivity contribution >= 4 is 35.6 Å². The Morgan fingerprint density at radius 2 is 1.43 bits per heavy atom. The van der Waals surface area contributed by atoms with E-state index in [1.807, 2.05) is 13.8 Å². The fourth-order valence-corrected chi connectivity index (χ4v) is 7.09. The van der Waals surface area contributed by atoms with E-state index >= 15 is 0 Å². The van der Waals surface area contributed by atoms with Gasteiger partial charge in [0.05, 0.1) is 12.6 Å². The first-order chi connectivity index (χ1) is 25.1. The fraction of sp³-hybridized carbons (Fsp3) is 0.842. The van der Waals surface area contributed by atoms with E-state index in [1.165, 1.54) is 4.90 Å². The number of carbonyl (C=O) groups excluding carboxylic acids is 6. The van der Waals surface area contributed by atoms with Gasteiger partial charge in [-0.05, 0) is 72.3 Å². The smallest absolute Gasteiger partial charge is 0.407 e. The van der Waals surface area contributed by atoms with E-state index in [9.17, 15) is 28.8 Å². The molecule has 304 valence electrons. The van der Waals surface area contributed by atoms with Crippen molar-refractivity contribution in [1.82, 2.24) is 36.4 Å². The van der Waals surface area contributed by atoms with Crippen molar-refractivity contribution in [2.45, 2.75) is 167 Å². The van der Waals surface area contributed by atoms with Gasteiger partial charge in [0.1, 0.15) is 29.8 Å². The van der Waals surface area contributed by atoms with Crippen LogP contribution in [0.2, 0.25) is 0 Å². The lowest BCUT2D eigenvalue weighted by Gasteiger charge is -2.38. The summed E-state index contributed by atoms with van der Waals surface area (Å²) in [5.41, 5.74) is 5.19. The first kappa shape index (κ1) is 45.7. The van der Waals surface area contributed by atoms with Gasteiger partial charge >= 0.3 is 6.09 Å². The van der Waals surface area contributed by atoms with E-state index in [0.29, 0.717) is 45.2 Å². The summed E-state index contributed by atoms with van der Waals surface area (Å²) in [4.78, 5) is 86.6. The predicted molar refractivity (Wildman–Crippen MR) is 205 cm³/mol. The number of hydrogen-bond acceptors (Lipinski definition) is 9. The van der Waals surface area contributed by atoms with Gasteiger partial charge in [0.25, 0.3) is 0 Å². The zero-order valence-electron chi connectivity index (χ0n) is 33.7. The van der Waals surface area contributed by atoms with Crippen LogP contribution in [0, 0.1) is 5.92 Å². The van der Waals surface area contributed by atoms with Crippen LogP contribution in [0.1, 0.15) is 126 Å². The quantitative estimate of drug-likeness (QED) is 0.173. The molecule has 1 heterocycles. The number of ether oxygens (including phenoxy) is 1. The fourth-order valence-electron chi connectivity index (χ4n) is 7.09. The molecular weight excluding hydrogens is 680 g/mol. The van der Waals surface area contributed by atoms with Crippen molar-refractivity contribution < 1.29 is 33.5 Å². The van der Waals surface area contributed by atoms with Crippen molar-refractivity contribution in [2.75, 3.05) is 33.2 Å². The highest BCUT2D eigenvalue weighted by Gasteiger charge is 2.39. The largest absolute Gasteiger partial charge is 0.444 e. The second kappa shape index (κ2) is 22.7. The SMILES string of the molecule is CCCC[C@H]1C(=O)N(C)[C@@H](CCC)C(=O)N[C@@H](C2CCCCC2)C(=O)N[C@@H](CNC(=O)OC(C)(C)C)C(=O)N[C@H](CN)C(=O)N[C@@H](C)CN1CCCC. The van der Waals surface area contributed by atoms with E-state index in [0.717, 1.165) is 44.9 Å². The molecular formula is C38H70N8O7. The molecule has 6 atom stereocenters. The Bertz CT molecular complexity index is 1210. The maximum Gasteiger partial charge on any atom is 0.407 e. The van der Waals surface area contributed by atoms with Gasteiger partial charge in [-0.1, -0.05) is 65.7 Å². The molecule has 7 N–H and O–H groups in total. The average molecular weight is 751 g/mol. The van der Waals surface area contributed by atoms with E-state index in [-0.39, 0.29) is 24.9 Å². The molecule has 2 fully saturated rings. The van der Waals surface area contributed by atoms with Crippen LogP contribution in [0.4, 0.5) is 4.79 Å². The van der Waals surface area contributed by atoms with Crippen LogP contribution in [-0.4, -0.2) is 121 Å². The Balaban J connectivity index is 2.65. The maximum atomic E-state index is 14.5. The Hall–Kier alpha value is -3.46. The summed E-state index contributed by atoms with van der Waals surface area (Å²) >= 11 is 0. The number of carbonyl (C=O) groups is 6. The van der Waals surface area contributed by atoms with E-state index in [4.69, 9.17) is 10.5 Å². The average Bonchev–Trinajstić information content (AvgIpc) is 3.10. The molecule has 1 aliphatic heterocycles. The number of unbranched alkanes of at least 4 members (excludes halogenated alkanes) is 2. The summed E-state index contributed by atoms with van der Waals surface area (Å²) in [5, 5.41) is 13.9. The molecule has 15 heteroatoms. The molecule has 0 bridgehead atoms. The third kappa shape index (κ3) is 15.1. The number of nitrogens with zero attached hydrogens (tertiary/aromatic N) is 2. The van der Waals surface area contributed by atoms with E-state index in [2.05, 4.69) is 45.3 Å². The highest BCUT2D eigenvalue weighted by Crippen LogP contribution is 2.27. The molecule has 0 unspecified atom stereocenters. The van der Waals surface area contributed by atoms with Gasteiger partial charge in [-0.25, -0.2) is 4.79 Å². The predicted octanol–water partition coefficient (Wildman–Crippen LogP) is 2.31. The second-order valence-corrected chi connectivity index (χ2v) is 15.8. The van der Waals surface area contributed by atoms with Gasteiger partial charge in [0.15, 0.2) is 0 Å². The second-order valence-electron chi connectivity index (χ2n) is 15.8. The monoisotopic (exact) mass is 751 g/mol. The molecule has 1 aliphatic carbocycles. The highest BCUT2D eigenvalue weighted by atomic mass is 16.6. The van der Waals surface area contributed by atoms with Crippen LogP contribution in [-0.2, 0) is 28.7 Å². The van der Waals surface area contributed by atoms with Crippen LogP contribution < -0.4 is 32.3 Å². The zero-order chi connectivity index (χ0) is 39.7. The molecule has 0 aromatic heterocycles. The van der Waals surface area contributed by atoms with Crippen LogP contribution in [0.15, 0.2) is 0 Å². The van der Waals surface area contributed by atoms with Gasteiger partial charge in [-0.15, -0.1) is 0 Å². The van der Waals surface area contributed by atoms with Crippen molar-refractivity contribution in [3.8, 4) is 0 Å². The lowest BCUT2D eigenvalue weighted by molar-refractivity contribution is -0.145. The normalized spacial score (nSPS) is 26.8. The molecule has 15 nitrogen and oxygen atoms in total. The molecule has 6 amide bonds. The zero-order valence-corrected chi connectivity index (χ0v) is 33.7. The molecule has 2 rings (SSSR count). The van der Waals surface area contributed by atoms with Crippen LogP contribution >= 0.6 is 0 Å². The van der Waals surface area contributed by atoms with Crippen LogP contribution in [0.3, 0.4) is 0 Å². The third-order valence-corrected chi connectivity index (χ3v) is 9.99. The molecule has 1 saturated heterocycles. The van der Waals surface area contributed by atoms with Gasteiger partial charge in [0, 0.05) is 26.2 Å². The lowest BCUT2D eigenvalue weighted by Crippen LogP contribution is -2.63. The number of hydrogen-bond donors (Lipinski definition) is 6. The summed E-state index contributed by atoms with van der Waals surface area (Å²) in [7, 11) is 1.66. The van der Waals surface area contributed by atoms with Gasteiger partial charge in [0.2, 0.25) is 29.5 Å². The van der Waals surface area contributed by atoms with Crippen LogP contribution in [0.25, 0.3) is 0 Å². The molecule has 0 spiro atoms. The molecule has 53 heavy (non-hydrogen) atoms. The van der Waals surface area contributed by atoms with Crippen molar-refractivity contribution in [3.63, 3.8) is 0 Å². The summed E-state index contributed by atoms with van der Waals surface area (Å²) in [6.07, 6.45) is 8.36. The minimum atomic E-state index is -1.34. The Kier molecular flexibility index (Phi) is 19.6. The minimum Gasteiger partial charge on any atom is -0.444 e. The standard InChI is InChI=1S/C38H70N8O7/c1-9-12-20-30-36(51)45(8)29(17-11-3)34(49)44-31(26-18-15-14-16-19-26)35(50)43-28(23-40-37(52)53-38(5,6)7)33(48)42-27(22-39)32(47)41-25(4)24-46(30)21-13-10-2/h25-31H,9-24,39H2,1-8H3,(H,40,52)(H,41,47)(H,42,48)(H,43,50)(H,44,49)/t25-,27+,28-,29-,30-,31-/m0/s1. The highest BCUT2D eigenvalue weighted by molar-refractivity contribution is 5.96. The molecule has 2 aliphatic rings. The number of nitrogens with one attached hydrogen (secondary N) is 5. The number of nitrogens with two attached hydrogens (primary N) is 1. The van der Waals surface area contributed by atoms with E-state index < -0.39 is 71.6 Å². The third-order valence-electron chi connectivity index (χ3n) is 9.99. The van der Waals surface area contributed by atoms with E-state index in [1.54, 1.807) is 27.8 Å². The number of alkyl carbamates (subject to hydrolysis) is 1. The number of rotatable bonds is 12. The van der Waals surface area contributed by atoms with Gasteiger partial charge < -0.3 is 42.0 Å². The van der Waals surface area contributed by atoms with Crippen molar-refractivity contribution in [2.24, 2.45) is 11.7 Å². The summed E-state index contributed by atoms with van der Waals surface area (Å²) in [6.45, 7) is 13.4. The maximum absolute atomic E-state index is 14.5. The topological polar surface area (TPSA) is 204 Å². The van der Waals surface area contributed by atoms with Crippen molar-refractivity contribution in [1.29, 1.82) is 0 Å². The summed E-state index contributed by atoms with van der Waals surface area (Å²) in [6, 6.07) is -5.29.